The predicted molar refractivity (Wildman–Crippen MR) is 62.1 cm³/mol. The lowest BCUT2D eigenvalue weighted by Crippen LogP contribution is -2.04. The van der Waals surface area contributed by atoms with Crippen molar-refractivity contribution in [3.63, 3.8) is 0 Å². The maximum atomic E-state index is 11.4. The molecular formula is C12H12N2O4. The molecular weight excluding hydrogens is 236 g/mol. The zero-order chi connectivity index (χ0) is 13.1. The van der Waals surface area contributed by atoms with E-state index >= 15 is 0 Å². The van der Waals surface area contributed by atoms with Crippen LogP contribution in [0.4, 0.5) is 0 Å². The van der Waals surface area contributed by atoms with Crippen LogP contribution >= 0.6 is 0 Å². The molecule has 0 aliphatic rings. The van der Waals surface area contributed by atoms with E-state index in [1.807, 2.05) is 0 Å². The molecule has 0 aliphatic heterocycles. The molecule has 1 aromatic heterocycles. The molecule has 18 heavy (non-hydrogen) atoms. The Morgan fingerprint density at radius 3 is 2.94 bits per heavy atom. The smallest absolute Gasteiger partial charge is 0.397 e. The number of ether oxygens (including phenoxy) is 1. The van der Waals surface area contributed by atoms with E-state index in [0.717, 1.165) is 0 Å². The van der Waals surface area contributed by atoms with Crippen LogP contribution in [0.2, 0.25) is 0 Å². The van der Waals surface area contributed by atoms with Crippen molar-refractivity contribution in [1.29, 1.82) is 0 Å². The molecule has 1 heterocycles. The molecule has 0 fully saturated rings. The van der Waals surface area contributed by atoms with E-state index in [2.05, 4.69) is 10.1 Å². The van der Waals surface area contributed by atoms with Crippen molar-refractivity contribution in [2.24, 2.45) is 0 Å². The van der Waals surface area contributed by atoms with Crippen molar-refractivity contribution in [3.05, 3.63) is 29.7 Å². The van der Waals surface area contributed by atoms with Gasteiger partial charge in [-0.25, -0.2) is 4.79 Å². The monoisotopic (exact) mass is 248 g/mol. The van der Waals surface area contributed by atoms with Crippen molar-refractivity contribution in [1.82, 2.24) is 10.1 Å². The van der Waals surface area contributed by atoms with Gasteiger partial charge in [0, 0.05) is 5.56 Å². The molecule has 1 N–H and O–H groups in total. The first-order chi connectivity index (χ1) is 8.61. The maximum Gasteiger partial charge on any atom is 0.397 e. The number of hydrogen-bond donors (Lipinski definition) is 1. The van der Waals surface area contributed by atoms with Crippen LogP contribution in [0.15, 0.2) is 22.7 Å². The highest BCUT2D eigenvalue weighted by molar-refractivity contribution is 5.84. The molecule has 0 saturated carbocycles. The first-order valence-corrected chi connectivity index (χ1v) is 5.42. The third-order valence-electron chi connectivity index (χ3n) is 2.33. The SMILES string of the molecule is CCOC(=O)c1nc(-c2ccc(O)c(C)c2)no1. The number of carbonyl (C=O) groups is 1. The van der Waals surface area contributed by atoms with Gasteiger partial charge in [0.25, 0.3) is 0 Å². The fourth-order valence-corrected chi connectivity index (χ4v) is 1.41. The Balaban J connectivity index is 2.29. The van der Waals surface area contributed by atoms with Gasteiger partial charge in [-0.2, -0.15) is 4.98 Å². The highest BCUT2D eigenvalue weighted by Gasteiger charge is 2.17. The zero-order valence-corrected chi connectivity index (χ0v) is 10.0. The van der Waals surface area contributed by atoms with E-state index in [4.69, 9.17) is 9.26 Å². The molecule has 0 amide bonds. The van der Waals surface area contributed by atoms with Gasteiger partial charge in [0.1, 0.15) is 5.75 Å². The molecule has 0 bridgehead atoms. The van der Waals surface area contributed by atoms with Crippen molar-refractivity contribution in [2.75, 3.05) is 6.61 Å². The molecule has 1 aromatic carbocycles. The van der Waals surface area contributed by atoms with Crippen molar-refractivity contribution in [2.45, 2.75) is 13.8 Å². The number of phenols is 1. The van der Waals surface area contributed by atoms with Gasteiger partial charge in [-0.05, 0) is 37.6 Å². The average molecular weight is 248 g/mol. The summed E-state index contributed by atoms with van der Waals surface area (Å²) in [5.74, 6) is -0.363. The van der Waals surface area contributed by atoms with Gasteiger partial charge in [-0.1, -0.05) is 5.16 Å². The van der Waals surface area contributed by atoms with Gasteiger partial charge in [0.15, 0.2) is 0 Å². The van der Waals surface area contributed by atoms with E-state index in [-0.39, 0.29) is 24.1 Å². The maximum absolute atomic E-state index is 11.4. The molecule has 6 nitrogen and oxygen atoms in total. The van der Waals surface area contributed by atoms with Crippen LogP contribution in [0, 0.1) is 6.92 Å². The Bertz CT molecular complexity index is 577. The first kappa shape index (κ1) is 12.1. The number of hydrogen-bond acceptors (Lipinski definition) is 6. The lowest BCUT2D eigenvalue weighted by atomic mass is 10.1. The quantitative estimate of drug-likeness (QED) is 0.835. The van der Waals surface area contributed by atoms with Gasteiger partial charge in [0.2, 0.25) is 5.82 Å². The van der Waals surface area contributed by atoms with E-state index in [1.54, 1.807) is 26.0 Å². The summed E-state index contributed by atoms with van der Waals surface area (Å²) in [4.78, 5) is 15.3. The second kappa shape index (κ2) is 4.87. The summed E-state index contributed by atoms with van der Waals surface area (Å²) in [6, 6.07) is 4.88. The van der Waals surface area contributed by atoms with Gasteiger partial charge < -0.3 is 14.4 Å². The first-order valence-electron chi connectivity index (χ1n) is 5.42. The molecule has 0 saturated heterocycles. The molecule has 2 aromatic rings. The molecule has 94 valence electrons. The largest absolute Gasteiger partial charge is 0.508 e. The summed E-state index contributed by atoms with van der Waals surface area (Å²) in [7, 11) is 0. The van der Waals surface area contributed by atoms with Crippen LogP contribution < -0.4 is 0 Å². The van der Waals surface area contributed by atoms with Crippen LogP contribution in [0.1, 0.15) is 23.2 Å². The van der Waals surface area contributed by atoms with Crippen molar-refractivity contribution >= 4 is 5.97 Å². The second-order valence-corrected chi connectivity index (χ2v) is 3.64. The van der Waals surface area contributed by atoms with E-state index < -0.39 is 5.97 Å². The summed E-state index contributed by atoms with van der Waals surface area (Å²) in [6.07, 6.45) is 0. The van der Waals surface area contributed by atoms with Gasteiger partial charge in [0.05, 0.1) is 6.61 Å². The number of rotatable bonds is 3. The van der Waals surface area contributed by atoms with E-state index in [9.17, 15) is 9.90 Å². The lowest BCUT2D eigenvalue weighted by molar-refractivity contribution is 0.0470. The minimum atomic E-state index is -0.647. The number of esters is 1. The van der Waals surface area contributed by atoms with Gasteiger partial charge in [-0.15, -0.1) is 0 Å². The number of benzene rings is 1. The van der Waals surface area contributed by atoms with Crippen molar-refractivity contribution < 1.29 is 19.2 Å². The minimum absolute atomic E-state index is 0.183. The molecule has 2 rings (SSSR count). The van der Waals surface area contributed by atoms with Gasteiger partial charge >= 0.3 is 11.9 Å². The lowest BCUT2D eigenvalue weighted by Gasteiger charge is -1.99. The van der Waals surface area contributed by atoms with Crippen LogP contribution in [-0.2, 0) is 4.74 Å². The number of nitrogens with zero attached hydrogens (tertiary/aromatic N) is 2. The topological polar surface area (TPSA) is 85.5 Å². The zero-order valence-electron chi connectivity index (χ0n) is 10.0. The summed E-state index contributed by atoms with van der Waals surface area (Å²) in [5, 5.41) is 13.1. The molecule has 0 aliphatic carbocycles. The third-order valence-corrected chi connectivity index (χ3v) is 2.33. The molecule has 0 spiro atoms. The summed E-state index contributed by atoms with van der Waals surface area (Å²) in [6.45, 7) is 3.69. The van der Waals surface area contributed by atoms with Crippen LogP contribution in [-0.4, -0.2) is 27.8 Å². The summed E-state index contributed by atoms with van der Waals surface area (Å²) < 4.78 is 9.55. The number of aromatic hydroxyl groups is 1. The molecule has 0 radical (unpaired) electrons. The number of aryl methyl sites for hydroxylation is 1. The Labute approximate surface area is 103 Å². The Morgan fingerprint density at radius 1 is 1.50 bits per heavy atom. The third kappa shape index (κ3) is 2.32. The molecule has 0 unspecified atom stereocenters. The number of carbonyl (C=O) groups excluding carboxylic acids is 1. The van der Waals surface area contributed by atoms with Gasteiger partial charge in [-0.3, -0.25) is 0 Å². The highest BCUT2D eigenvalue weighted by atomic mass is 16.6. The summed E-state index contributed by atoms with van der Waals surface area (Å²) in [5.41, 5.74) is 1.35. The highest BCUT2D eigenvalue weighted by Crippen LogP contribution is 2.23. The van der Waals surface area contributed by atoms with E-state index in [1.165, 1.54) is 6.07 Å². The van der Waals surface area contributed by atoms with Crippen LogP contribution in [0.5, 0.6) is 5.75 Å². The predicted octanol–water partition coefficient (Wildman–Crippen LogP) is 1.93. The van der Waals surface area contributed by atoms with E-state index in [0.29, 0.717) is 11.1 Å². The molecule has 6 heteroatoms. The minimum Gasteiger partial charge on any atom is -0.508 e. The standard InChI is InChI=1S/C12H12N2O4/c1-3-17-12(16)11-13-10(14-18-11)8-4-5-9(15)7(2)6-8/h4-6,15H,3H2,1-2H3. The fourth-order valence-electron chi connectivity index (χ4n) is 1.41. The Kier molecular flexibility index (Phi) is 3.27. The second-order valence-electron chi connectivity index (χ2n) is 3.64. The summed E-state index contributed by atoms with van der Waals surface area (Å²) >= 11 is 0. The Morgan fingerprint density at radius 2 is 2.28 bits per heavy atom. The molecule has 0 atom stereocenters. The number of phenolic OH excluding ortho intramolecular Hbond substituents is 1. The average Bonchev–Trinajstić information content (AvgIpc) is 2.82. The normalized spacial score (nSPS) is 10.3. The van der Waals surface area contributed by atoms with Crippen molar-refractivity contribution in [3.8, 4) is 17.1 Å². The fraction of sp³-hybridized carbons (Fsp3) is 0.250. The van der Waals surface area contributed by atoms with Crippen LogP contribution in [0.3, 0.4) is 0 Å². The number of aromatic nitrogens is 2. The Hall–Kier alpha value is -2.37. The van der Waals surface area contributed by atoms with Crippen LogP contribution in [0.25, 0.3) is 11.4 Å².